The third-order valence-corrected chi connectivity index (χ3v) is 5.56. The van der Waals surface area contributed by atoms with Crippen molar-refractivity contribution in [3.8, 4) is 0 Å². The number of aromatic amines is 1. The Balaban J connectivity index is 1.56. The first-order valence-corrected chi connectivity index (χ1v) is 10.4. The van der Waals surface area contributed by atoms with Gasteiger partial charge in [-0.15, -0.1) is 0 Å². The molecule has 4 rings (SSSR count). The normalized spacial score (nSPS) is 11.9. The molecular formula is C25H25N3S. The molecule has 1 heterocycles. The van der Waals surface area contributed by atoms with E-state index in [4.69, 9.17) is 12.2 Å². The van der Waals surface area contributed by atoms with E-state index in [9.17, 15) is 0 Å². The Morgan fingerprint density at radius 3 is 2.48 bits per heavy atom. The highest BCUT2D eigenvalue weighted by atomic mass is 32.1. The van der Waals surface area contributed by atoms with Gasteiger partial charge in [0.15, 0.2) is 5.11 Å². The lowest BCUT2D eigenvalue weighted by Gasteiger charge is -2.20. The van der Waals surface area contributed by atoms with Gasteiger partial charge in [0, 0.05) is 35.2 Å². The number of benzene rings is 3. The fourth-order valence-corrected chi connectivity index (χ4v) is 3.98. The molecule has 29 heavy (non-hydrogen) atoms. The lowest BCUT2D eigenvalue weighted by molar-refractivity contribution is 0.766. The summed E-state index contributed by atoms with van der Waals surface area (Å²) < 4.78 is 0. The number of aromatic nitrogens is 1. The van der Waals surface area contributed by atoms with E-state index < -0.39 is 0 Å². The predicted octanol–water partition coefficient (Wildman–Crippen LogP) is 5.85. The van der Waals surface area contributed by atoms with Crippen molar-refractivity contribution < 1.29 is 0 Å². The molecule has 3 N–H and O–H groups in total. The SMILES string of the molecule is CCc1ccccc1NC(=S)NC[C@H](c1ccccc1)c1c[nH]c2ccccc12. The van der Waals surface area contributed by atoms with Crippen LogP contribution in [0.3, 0.4) is 0 Å². The van der Waals surface area contributed by atoms with E-state index in [0.29, 0.717) is 11.7 Å². The summed E-state index contributed by atoms with van der Waals surface area (Å²) in [6.45, 7) is 2.87. The summed E-state index contributed by atoms with van der Waals surface area (Å²) in [4.78, 5) is 3.40. The Kier molecular flexibility index (Phi) is 5.92. The molecule has 0 radical (unpaired) electrons. The largest absolute Gasteiger partial charge is 0.361 e. The van der Waals surface area contributed by atoms with Crippen LogP contribution in [0.4, 0.5) is 5.69 Å². The molecule has 0 aliphatic heterocycles. The summed E-state index contributed by atoms with van der Waals surface area (Å²) in [5, 5.41) is 8.70. The van der Waals surface area contributed by atoms with Crippen molar-refractivity contribution in [2.75, 3.05) is 11.9 Å². The fourth-order valence-electron chi connectivity index (χ4n) is 3.79. The monoisotopic (exact) mass is 399 g/mol. The van der Waals surface area contributed by atoms with Gasteiger partial charge in [0.1, 0.15) is 0 Å². The van der Waals surface area contributed by atoms with Crippen molar-refractivity contribution in [2.45, 2.75) is 19.3 Å². The van der Waals surface area contributed by atoms with Crippen molar-refractivity contribution in [1.82, 2.24) is 10.3 Å². The van der Waals surface area contributed by atoms with Gasteiger partial charge in [0.2, 0.25) is 0 Å². The molecule has 3 nitrogen and oxygen atoms in total. The van der Waals surface area contributed by atoms with Crippen LogP contribution < -0.4 is 10.6 Å². The number of para-hydroxylation sites is 2. The summed E-state index contributed by atoms with van der Waals surface area (Å²) in [6.07, 6.45) is 3.08. The van der Waals surface area contributed by atoms with Crippen LogP contribution in [0.1, 0.15) is 29.5 Å². The number of aryl methyl sites for hydroxylation is 1. The fraction of sp³-hybridized carbons (Fsp3) is 0.160. The number of nitrogens with one attached hydrogen (secondary N) is 3. The molecule has 1 aromatic heterocycles. The van der Waals surface area contributed by atoms with Gasteiger partial charge in [-0.2, -0.15) is 0 Å². The number of hydrogen-bond acceptors (Lipinski definition) is 1. The zero-order valence-electron chi connectivity index (χ0n) is 16.5. The maximum absolute atomic E-state index is 5.61. The Morgan fingerprint density at radius 1 is 0.931 bits per heavy atom. The van der Waals surface area contributed by atoms with Crippen LogP contribution in [0.2, 0.25) is 0 Å². The zero-order valence-corrected chi connectivity index (χ0v) is 17.3. The van der Waals surface area contributed by atoms with Crippen molar-refractivity contribution in [1.29, 1.82) is 0 Å². The van der Waals surface area contributed by atoms with Crippen molar-refractivity contribution in [3.63, 3.8) is 0 Å². The van der Waals surface area contributed by atoms with Crippen molar-refractivity contribution in [3.05, 3.63) is 102 Å². The van der Waals surface area contributed by atoms with Gasteiger partial charge < -0.3 is 15.6 Å². The number of rotatable bonds is 6. The van der Waals surface area contributed by atoms with E-state index in [1.54, 1.807) is 0 Å². The second kappa shape index (κ2) is 8.93. The lowest BCUT2D eigenvalue weighted by atomic mass is 9.91. The van der Waals surface area contributed by atoms with E-state index in [-0.39, 0.29) is 5.92 Å². The standard InChI is InChI=1S/C25H25N3S/c1-2-18-10-6-8-14-23(18)28-25(29)27-16-21(19-11-4-3-5-12-19)22-17-26-24-15-9-7-13-20(22)24/h3-15,17,21,26H,2,16H2,1H3,(H2,27,28,29)/t21-/m1/s1. The lowest BCUT2D eigenvalue weighted by Crippen LogP contribution is -2.32. The first kappa shape index (κ1) is 19.2. The Morgan fingerprint density at radius 2 is 1.66 bits per heavy atom. The Bertz CT molecular complexity index is 1100. The van der Waals surface area contributed by atoms with Gasteiger partial charge in [0.05, 0.1) is 0 Å². The topological polar surface area (TPSA) is 39.8 Å². The molecule has 0 spiro atoms. The van der Waals surface area contributed by atoms with Gasteiger partial charge in [-0.1, -0.05) is 73.7 Å². The first-order chi connectivity index (χ1) is 14.3. The number of thiocarbonyl (C=S) groups is 1. The molecule has 0 aliphatic carbocycles. The number of hydrogen-bond donors (Lipinski definition) is 3. The summed E-state index contributed by atoms with van der Waals surface area (Å²) in [6, 6.07) is 27.3. The minimum atomic E-state index is 0.188. The van der Waals surface area contributed by atoms with Crippen molar-refractivity contribution >= 4 is 33.9 Å². The summed E-state index contributed by atoms with van der Waals surface area (Å²) in [5.74, 6) is 0.188. The molecule has 0 saturated heterocycles. The highest BCUT2D eigenvalue weighted by Gasteiger charge is 2.18. The molecule has 0 aliphatic rings. The Hall–Kier alpha value is -3.11. The minimum absolute atomic E-state index is 0.188. The van der Waals surface area contributed by atoms with Gasteiger partial charge in [-0.05, 0) is 47.5 Å². The van der Waals surface area contributed by atoms with Gasteiger partial charge in [-0.3, -0.25) is 0 Å². The van der Waals surface area contributed by atoms with E-state index in [2.05, 4.69) is 102 Å². The molecule has 146 valence electrons. The number of fused-ring (bicyclic) bond motifs is 1. The first-order valence-electron chi connectivity index (χ1n) is 10.00. The van der Waals surface area contributed by atoms with Crippen LogP contribution in [0, 0.1) is 0 Å². The highest BCUT2D eigenvalue weighted by molar-refractivity contribution is 7.80. The van der Waals surface area contributed by atoms with Gasteiger partial charge in [0.25, 0.3) is 0 Å². The zero-order chi connectivity index (χ0) is 20.1. The van der Waals surface area contributed by atoms with Gasteiger partial charge in [-0.25, -0.2) is 0 Å². The Labute approximate surface area is 177 Å². The summed E-state index contributed by atoms with van der Waals surface area (Å²) in [7, 11) is 0. The smallest absolute Gasteiger partial charge is 0.170 e. The van der Waals surface area contributed by atoms with E-state index in [0.717, 1.165) is 17.6 Å². The molecule has 4 heteroatoms. The average molecular weight is 400 g/mol. The van der Waals surface area contributed by atoms with Crippen LogP contribution >= 0.6 is 12.2 Å². The molecule has 0 saturated carbocycles. The third kappa shape index (κ3) is 4.33. The molecule has 0 fully saturated rings. The molecule has 0 amide bonds. The van der Waals surface area contributed by atoms with Crippen LogP contribution in [-0.2, 0) is 6.42 Å². The van der Waals surface area contributed by atoms with Crippen LogP contribution in [0.15, 0.2) is 85.1 Å². The van der Waals surface area contributed by atoms with Crippen LogP contribution in [-0.4, -0.2) is 16.6 Å². The quantitative estimate of drug-likeness (QED) is 0.356. The van der Waals surface area contributed by atoms with Crippen molar-refractivity contribution in [2.24, 2.45) is 0 Å². The number of H-pyrrole nitrogens is 1. The molecule has 0 unspecified atom stereocenters. The number of anilines is 1. The van der Waals surface area contributed by atoms with E-state index >= 15 is 0 Å². The molecule has 1 atom stereocenters. The predicted molar refractivity (Wildman–Crippen MR) is 127 cm³/mol. The highest BCUT2D eigenvalue weighted by Crippen LogP contribution is 2.30. The molecule has 4 aromatic rings. The molecular weight excluding hydrogens is 374 g/mol. The van der Waals surface area contributed by atoms with Gasteiger partial charge >= 0.3 is 0 Å². The van der Waals surface area contributed by atoms with Crippen LogP contribution in [0.5, 0.6) is 0 Å². The summed E-state index contributed by atoms with van der Waals surface area (Å²) >= 11 is 5.61. The second-order valence-electron chi connectivity index (χ2n) is 7.10. The van der Waals surface area contributed by atoms with Crippen LogP contribution in [0.25, 0.3) is 10.9 Å². The maximum Gasteiger partial charge on any atom is 0.170 e. The third-order valence-electron chi connectivity index (χ3n) is 5.31. The van der Waals surface area contributed by atoms with E-state index in [1.165, 1.54) is 22.1 Å². The minimum Gasteiger partial charge on any atom is -0.361 e. The van der Waals surface area contributed by atoms with E-state index in [1.807, 2.05) is 6.07 Å². The molecule has 0 bridgehead atoms. The summed E-state index contributed by atoms with van der Waals surface area (Å²) in [5.41, 5.74) is 6.02. The second-order valence-corrected chi connectivity index (χ2v) is 7.51. The maximum atomic E-state index is 5.61. The molecule has 3 aromatic carbocycles. The average Bonchev–Trinajstić information content (AvgIpc) is 3.19.